The standard InChI is InChI=1S/C20H22FN3O2/c1-12(22-17-8-9-18(21)19(11-17)23-13(2)25)20(26)24-16-7-6-14-4-3-5-15(14)10-16/h6-12,22H,3-5H2,1-2H3,(H,23,25)(H,24,26)/t12-/m0/s1. The number of carbonyl (C=O) groups excluding carboxylic acids is 2. The van der Waals surface area contributed by atoms with Gasteiger partial charge in [-0.2, -0.15) is 0 Å². The first-order chi connectivity index (χ1) is 12.4. The highest BCUT2D eigenvalue weighted by atomic mass is 19.1. The summed E-state index contributed by atoms with van der Waals surface area (Å²) in [5.74, 6) is -1.07. The number of rotatable bonds is 5. The first-order valence-electron chi connectivity index (χ1n) is 8.69. The van der Waals surface area contributed by atoms with Crippen molar-refractivity contribution < 1.29 is 14.0 Å². The second-order valence-corrected chi connectivity index (χ2v) is 6.57. The predicted octanol–water partition coefficient (Wildman–Crippen LogP) is 3.71. The molecule has 3 rings (SSSR count). The van der Waals surface area contributed by atoms with Gasteiger partial charge in [0.05, 0.1) is 5.69 Å². The van der Waals surface area contributed by atoms with Crippen molar-refractivity contribution in [1.82, 2.24) is 0 Å². The first kappa shape index (κ1) is 17.9. The van der Waals surface area contributed by atoms with Crippen molar-refractivity contribution in [2.75, 3.05) is 16.0 Å². The molecule has 0 fully saturated rings. The van der Waals surface area contributed by atoms with E-state index >= 15 is 0 Å². The number of halogens is 1. The van der Waals surface area contributed by atoms with Gasteiger partial charge in [0.15, 0.2) is 0 Å². The van der Waals surface area contributed by atoms with Gasteiger partial charge < -0.3 is 16.0 Å². The molecule has 0 unspecified atom stereocenters. The Morgan fingerprint density at radius 3 is 2.50 bits per heavy atom. The van der Waals surface area contributed by atoms with Crippen LogP contribution in [-0.2, 0) is 22.4 Å². The predicted molar refractivity (Wildman–Crippen MR) is 101 cm³/mol. The molecule has 2 aromatic carbocycles. The van der Waals surface area contributed by atoms with Crippen LogP contribution in [0.15, 0.2) is 36.4 Å². The zero-order valence-electron chi connectivity index (χ0n) is 14.9. The van der Waals surface area contributed by atoms with Gasteiger partial charge >= 0.3 is 0 Å². The number of nitrogens with one attached hydrogen (secondary N) is 3. The van der Waals surface area contributed by atoms with Crippen LogP contribution in [0.3, 0.4) is 0 Å². The lowest BCUT2D eigenvalue weighted by Crippen LogP contribution is -2.32. The number of carbonyl (C=O) groups is 2. The zero-order valence-corrected chi connectivity index (χ0v) is 14.9. The van der Waals surface area contributed by atoms with Gasteiger partial charge in [-0.05, 0) is 67.6 Å². The average Bonchev–Trinajstić information content (AvgIpc) is 3.05. The summed E-state index contributed by atoms with van der Waals surface area (Å²) in [6.07, 6.45) is 3.31. The quantitative estimate of drug-likeness (QED) is 0.766. The average molecular weight is 355 g/mol. The van der Waals surface area contributed by atoms with E-state index in [1.807, 2.05) is 12.1 Å². The molecule has 5 nitrogen and oxygen atoms in total. The molecular formula is C20H22FN3O2. The second kappa shape index (κ2) is 7.56. The minimum Gasteiger partial charge on any atom is -0.374 e. The van der Waals surface area contributed by atoms with E-state index < -0.39 is 11.9 Å². The Morgan fingerprint density at radius 1 is 1.00 bits per heavy atom. The van der Waals surface area contributed by atoms with Crippen molar-refractivity contribution >= 4 is 28.9 Å². The van der Waals surface area contributed by atoms with Gasteiger partial charge in [-0.25, -0.2) is 4.39 Å². The number of aryl methyl sites for hydroxylation is 2. The summed E-state index contributed by atoms with van der Waals surface area (Å²) in [5, 5.41) is 8.35. The Morgan fingerprint density at radius 2 is 1.73 bits per heavy atom. The molecule has 2 amide bonds. The molecule has 0 spiro atoms. The van der Waals surface area contributed by atoms with Crippen molar-refractivity contribution in [2.24, 2.45) is 0 Å². The Balaban J connectivity index is 1.65. The molecule has 0 saturated heterocycles. The Kier molecular flexibility index (Phi) is 5.21. The van der Waals surface area contributed by atoms with Crippen LogP contribution >= 0.6 is 0 Å². The van der Waals surface area contributed by atoms with Crippen molar-refractivity contribution in [3.63, 3.8) is 0 Å². The maximum absolute atomic E-state index is 13.7. The van der Waals surface area contributed by atoms with Gasteiger partial charge in [0.1, 0.15) is 11.9 Å². The van der Waals surface area contributed by atoms with Crippen molar-refractivity contribution in [1.29, 1.82) is 0 Å². The largest absolute Gasteiger partial charge is 0.374 e. The fraction of sp³-hybridized carbons (Fsp3) is 0.300. The molecular weight excluding hydrogens is 333 g/mol. The molecule has 3 N–H and O–H groups in total. The van der Waals surface area contributed by atoms with E-state index in [1.54, 1.807) is 6.92 Å². The van der Waals surface area contributed by atoms with Gasteiger partial charge in [0.2, 0.25) is 11.8 Å². The minimum atomic E-state index is -0.529. The molecule has 0 saturated carbocycles. The molecule has 2 aromatic rings. The van der Waals surface area contributed by atoms with Crippen LogP contribution in [0.5, 0.6) is 0 Å². The SMILES string of the molecule is CC(=O)Nc1cc(N[C@@H](C)C(=O)Nc2ccc3c(c2)CCC3)ccc1F. The van der Waals surface area contributed by atoms with Crippen LogP contribution in [0, 0.1) is 5.82 Å². The van der Waals surface area contributed by atoms with Crippen LogP contribution < -0.4 is 16.0 Å². The van der Waals surface area contributed by atoms with E-state index in [4.69, 9.17) is 0 Å². The van der Waals surface area contributed by atoms with Crippen LogP contribution in [-0.4, -0.2) is 17.9 Å². The molecule has 0 heterocycles. The second-order valence-electron chi connectivity index (χ2n) is 6.57. The molecule has 1 aliphatic carbocycles. The Bertz CT molecular complexity index is 851. The van der Waals surface area contributed by atoms with Gasteiger partial charge in [-0.15, -0.1) is 0 Å². The highest BCUT2D eigenvalue weighted by Crippen LogP contribution is 2.25. The number of benzene rings is 2. The van der Waals surface area contributed by atoms with Crippen molar-refractivity contribution in [2.45, 2.75) is 39.2 Å². The molecule has 1 atom stereocenters. The molecule has 26 heavy (non-hydrogen) atoms. The summed E-state index contributed by atoms with van der Waals surface area (Å²) >= 11 is 0. The van der Waals surface area contributed by atoms with Gasteiger partial charge in [0.25, 0.3) is 0 Å². The van der Waals surface area contributed by atoms with E-state index in [-0.39, 0.29) is 17.5 Å². The van der Waals surface area contributed by atoms with Gasteiger partial charge in [0, 0.05) is 18.3 Å². The van der Waals surface area contributed by atoms with Crippen LogP contribution in [0.1, 0.15) is 31.4 Å². The first-order valence-corrected chi connectivity index (χ1v) is 8.69. The molecule has 136 valence electrons. The fourth-order valence-electron chi connectivity index (χ4n) is 3.12. The van der Waals surface area contributed by atoms with Crippen molar-refractivity contribution in [3.05, 3.63) is 53.3 Å². The lowest BCUT2D eigenvalue weighted by Gasteiger charge is -2.17. The third kappa shape index (κ3) is 4.20. The van der Waals surface area contributed by atoms with Gasteiger partial charge in [-0.3, -0.25) is 9.59 Å². The van der Waals surface area contributed by atoms with E-state index in [0.29, 0.717) is 5.69 Å². The zero-order chi connectivity index (χ0) is 18.7. The molecule has 0 aliphatic heterocycles. The third-order valence-corrected chi connectivity index (χ3v) is 4.42. The summed E-state index contributed by atoms with van der Waals surface area (Å²) < 4.78 is 13.7. The van der Waals surface area contributed by atoms with E-state index in [1.165, 1.54) is 36.2 Å². The van der Waals surface area contributed by atoms with E-state index in [2.05, 4.69) is 22.0 Å². The summed E-state index contributed by atoms with van der Waals surface area (Å²) in [6.45, 7) is 3.04. The lowest BCUT2D eigenvalue weighted by molar-refractivity contribution is -0.116. The lowest BCUT2D eigenvalue weighted by atomic mass is 10.1. The maximum atomic E-state index is 13.7. The summed E-state index contributed by atoms with van der Waals surface area (Å²) in [6, 6.07) is 9.73. The highest BCUT2D eigenvalue weighted by Gasteiger charge is 2.16. The summed E-state index contributed by atoms with van der Waals surface area (Å²) in [4.78, 5) is 23.6. The third-order valence-electron chi connectivity index (χ3n) is 4.42. The molecule has 0 aromatic heterocycles. The summed E-state index contributed by atoms with van der Waals surface area (Å²) in [5.41, 5.74) is 4.05. The van der Waals surface area contributed by atoms with E-state index in [9.17, 15) is 14.0 Å². The number of amides is 2. The number of hydrogen-bond acceptors (Lipinski definition) is 3. The van der Waals surface area contributed by atoms with Crippen LogP contribution in [0.4, 0.5) is 21.5 Å². The Hall–Kier alpha value is -2.89. The molecule has 6 heteroatoms. The smallest absolute Gasteiger partial charge is 0.246 e. The number of fused-ring (bicyclic) bond motifs is 1. The maximum Gasteiger partial charge on any atom is 0.246 e. The van der Waals surface area contributed by atoms with Crippen LogP contribution in [0.25, 0.3) is 0 Å². The number of anilines is 3. The molecule has 0 bridgehead atoms. The molecule has 1 aliphatic rings. The van der Waals surface area contributed by atoms with Gasteiger partial charge in [-0.1, -0.05) is 6.07 Å². The Labute approximate surface area is 152 Å². The number of hydrogen-bond donors (Lipinski definition) is 3. The summed E-state index contributed by atoms with van der Waals surface area (Å²) in [7, 11) is 0. The normalized spacial score (nSPS) is 13.7. The van der Waals surface area contributed by atoms with E-state index in [0.717, 1.165) is 24.9 Å². The minimum absolute atomic E-state index is 0.0775. The topological polar surface area (TPSA) is 70.2 Å². The van der Waals surface area contributed by atoms with Crippen LogP contribution in [0.2, 0.25) is 0 Å². The molecule has 0 radical (unpaired) electrons. The monoisotopic (exact) mass is 355 g/mol. The fourth-order valence-corrected chi connectivity index (χ4v) is 3.12. The van der Waals surface area contributed by atoms with Crippen molar-refractivity contribution in [3.8, 4) is 0 Å². The highest BCUT2D eigenvalue weighted by molar-refractivity contribution is 5.96.